The van der Waals surface area contributed by atoms with Crippen molar-refractivity contribution >= 4 is 17.4 Å². The zero-order chi connectivity index (χ0) is 12.3. The van der Waals surface area contributed by atoms with E-state index in [0.29, 0.717) is 0 Å². The Morgan fingerprint density at radius 1 is 1.29 bits per heavy atom. The van der Waals surface area contributed by atoms with Gasteiger partial charge in [-0.25, -0.2) is 0 Å². The number of thioether (sulfide) groups is 1. The molecular formula is C13H17N3S. The summed E-state index contributed by atoms with van der Waals surface area (Å²) in [5.41, 5.74) is 3.59. The molecule has 0 spiro atoms. The van der Waals surface area contributed by atoms with E-state index in [1.54, 1.807) is 11.8 Å². The van der Waals surface area contributed by atoms with Crippen molar-refractivity contribution in [2.24, 2.45) is 7.05 Å². The average Bonchev–Trinajstić information content (AvgIpc) is 2.68. The molecule has 1 N–H and O–H groups in total. The highest BCUT2D eigenvalue weighted by Gasteiger charge is 2.02. The molecule has 0 aliphatic heterocycles. The van der Waals surface area contributed by atoms with Gasteiger partial charge in [0.2, 0.25) is 0 Å². The van der Waals surface area contributed by atoms with Gasteiger partial charge >= 0.3 is 0 Å². The summed E-state index contributed by atoms with van der Waals surface area (Å²) < 4.78 is 1.90. The van der Waals surface area contributed by atoms with Crippen LogP contribution in [-0.2, 0) is 13.6 Å². The molecule has 0 saturated carbocycles. The van der Waals surface area contributed by atoms with Gasteiger partial charge in [-0.2, -0.15) is 5.10 Å². The number of rotatable bonds is 4. The number of benzene rings is 1. The van der Waals surface area contributed by atoms with Gasteiger partial charge in [0.15, 0.2) is 0 Å². The Hall–Kier alpha value is -1.42. The monoisotopic (exact) mass is 247 g/mol. The highest BCUT2D eigenvalue weighted by Crippen LogP contribution is 2.18. The third kappa shape index (κ3) is 2.82. The van der Waals surface area contributed by atoms with Crippen LogP contribution in [0.25, 0.3) is 0 Å². The lowest BCUT2D eigenvalue weighted by atomic mass is 10.2. The highest BCUT2D eigenvalue weighted by molar-refractivity contribution is 7.98. The van der Waals surface area contributed by atoms with Gasteiger partial charge in [0.05, 0.1) is 6.20 Å². The number of nitrogens with zero attached hydrogens (tertiary/aromatic N) is 2. The van der Waals surface area contributed by atoms with Crippen LogP contribution in [0.5, 0.6) is 0 Å². The molecule has 0 saturated heterocycles. The maximum absolute atomic E-state index is 4.23. The van der Waals surface area contributed by atoms with Crippen LogP contribution in [0.1, 0.15) is 11.3 Å². The van der Waals surface area contributed by atoms with Gasteiger partial charge in [0.25, 0.3) is 0 Å². The molecule has 4 heteroatoms. The predicted molar refractivity (Wildman–Crippen MR) is 73.5 cm³/mol. The summed E-state index contributed by atoms with van der Waals surface area (Å²) in [5.74, 6) is 0. The van der Waals surface area contributed by atoms with Crippen LogP contribution < -0.4 is 5.32 Å². The zero-order valence-electron chi connectivity index (χ0n) is 10.4. The molecule has 0 fully saturated rings. The van der Waals surface area contributed by atoms with Crippen molar-refractivity contribution in [3.8, 4) is 0 Å². The van der Waals surface area contributed by atoms with E-state index in [0.717, 1.165) is 12.2 Å². The van der Waals surface area contributed by atoms with Gasteiger partial charge in [-0.05, 0) is 37.4 Å². The molecular weight excluding hydrogens is 230 g/mol. The van der Waals surface area contributed by atoms with Gasteiger partial charge in [-0.15, -0.1) is 11.8 Å². The number of hydrogen-bond donors (Lipinski definition) is 1. The summed E-state index contributed by atoms with van der Waals surface area (Å²) >= 11 is 1.76. The number of aryl methyl sites for hydroxylation is 1. The normalized spacial score (nSPS) is 10.5. The van der Waals surface area contributed by atoms with Crippen LogP contribution in [0.2, 0.25) is 0 Å². The highest BCUT2D eigenvalue weighted by atomic mass is 32.2. The maximum Gasteiger partial charge on any atom is 0.0542 e. The van der Waals surface area contributed by atoms with E-state index in [2.05, 4.69) is 47.9 Å². The SMILES string of the molecule is CSc1ccc(NCc2cnn(C)c2C)cc1. The first-order chi connectivity index (χ1) is 8.20. The fraction of sp³-hybridized carbons (Fsp3) is 0.308. The van der Waals surface area contributed by atoms with Crippen LogP contribution in [-0.4, -0.2) is 16.0 Å². The van der Waals surface area contributed by atoms with E-state index >= 15 is 0 Å². The van der Waals surface area contributed by atoms with E-state index < -0.39 is 0 Å². The quantitative estimate of drug-likeness (QED) is 0.842. The largest absolute Gasteiger partial charge is 0.381 e. The van der Waals surface area contributed by atoms with Crippen LogP contribution in [0.4, 0.5) is 5.69 Å². The lowest BCUT2D eigenvalue weighted by molar-refractivity contribution is 0.738. The molecule has 3 nitrogen and oxygen atoms in total. The molecule has 1 aromatic heterocycles. The van der Waals surface area contributed by atoms with Crippen LogP contribution in [0.15, 0.2) is 35.4 Å². The molecule has 0 aliphatic carbocycles. The Balaban J connectivity index is 2.00. The summed E-state index contributed by atoms with van der Waals surface area (Å²) in [5, 5.41) is 7.63. The molecule has 1 aromatic carbocycles. The van der Waals surface area contributed by atoms with E-state index in [1.165, 1.54) is 16.2 Å². The van der Waals surface area contributed by atoms with Crippen molar-refractivity contribution in [2.45, 2.75) is 18.4 Å². The van der Waals surface area contributed by atoms with E-state index in [9.17, 15) is 0 Å². The van der Waals surface area contributed by atoms with E-state index in [1.807, 2.05) is 17.9 Å². The predicted octanol–water partition coefficient (Wildman–Crippen LogP) is 3.06. The zero-order valence-corrected chi connectivity index (χ0v) is 11.2. The molecule has 0 unspecified atom stereocenters. The molecule has 2 aromatic rings. The fourth-order valence-electron chi connectivity index (χ4n) is 1.62. The van der Waals surface area contributed by atoms with Crippen molar-refractivity contribution in [2.75, 3.05) is 11.6 Å². The Labute approximate surface area is 106 Å². The lowest BCUT2D eigenvalue weighted by Crippen LogP contribution is -2.01. The van der Waals surface area contributed by atoms with Crippen molar-refractivity contribution < 1.29 is 0 Å². The fourth-order valence-corrected chi connectivity index (χ4v) is 2.03. The lowest BCUT2D eigenvalue weighted by Gasteiger charge is -2.06. The standard InChI is InChI=1S/C13H17N3S/c1-10-11(9-15-16(10)2)8-14-12-4-6-13(17-3)7-5-12/h4-7,9,14H,8H2,1-3H3. The topological polar surface area (TPSA) is 29.9 Å². The van der Waals surface area contributed by atoms with Crippen LogP contribution in [0, 0.1) is 6.92 Å². The molecule has 1 heterocycles. The first kappa shape index (κ1) is 12.0. The van der Waals surface area contributed by atoms with E-state index in [4.69, 9.17) is 0 Å². The molecule has 0 atom stereocenters. The van der Waals surface area contributed by atoms with Crippen molar-refractivity contribution in [3.63, 3.8) is 0 Å². The molecule has 90 valence electrons. The second-order valence-electron chi connectivity index (χ2n) is 3.96. The Morgan fingerprint density at radius 3 is 2.53 bits per heavy atom. The minimum absolute atomic E-state index is 0.818. The number of anilines is 1. The van der Waals surface area contributed by atoms with Gasteiger partial charge in [-0.3, -0.25) is 4.68 Å². The van der Waals surface area contributed by atoms with Crippen molar-refractivity contribution in [3.05, 3.63) is 41.7 Å². The average molecular weight is 247 g/mol. The molecule has 2 rings (SSSR count). The third-order valence-corrected chi connectivity index (χ3v) is 3.65. The number of hydrogen-bond acceptors (Lipinski definition) is 3. The Bertz CT molecular complexity index is 488. The summed E-state index contributed by atoms with van der Waals surface area (Å²) in [6.07, 6.45) is 4.00. The molecule has 17 heavy (non-hydrogen) atoms. The molecule has 0 aliphatic rings. The Kier molecular flexibility index (Phi) is 3.74. The van der Waals surface area contributed by atoms with Gasteiger partial charge in [-0.1, -0.05) is 0 Å². The summed E-state index contributed by atoms with van der Waals surface area (Å²) in [6, 6.07) is 8.47. The summed E-state index contributed by atoms with van der Waals surface area (Å²) in [4.78, 5) is 1.29. The van der Waals surface area contributed by atoms with Crippen LogP contribution >= 0.6 is 11.8 Å². The first-order valence-corrected chi connectivity index (χ1v) is 6.78. The van der Waals surface area contributed by atoms with Gasteiger partial charge in [0, 0.05) is 35.4 Å². The summed E-state index contributed by atoms with van der Waals surface area (Å²) in [6.45, 7) is 2.90. The number of nitrogens with one attached hydrogen (secondary N) is 1. The minimum Gasteiger partial charge on any atom is -0.381 e. The molecule has 0 amide bonds. The molecule has 0 radical (unpaired) electrons. The smallest absolute Gasteiger partial charge is 0.0542 e. The van der Waals surface area contributed by atoms with Crippen LogP contribution in [0.3, 0.4) is 0 Å². The molecule has 0 bridgehead atoms. The second-order valence-corrected chi connectivity index (χ2v) is 4.84. The van der Waals surface area contributed by atoms with Gasteiger partial charge < -0.3 is 5.32 Å². The third-order valence-electron chi connectivity index (χ3n) is 2.91. The maximum atomic E-state index is 4.23. The van der Waals surface area contributed by atoms with Crippen molar-refractivity contribution in [1.82, 2.24) is 9.78 Å². The summed E-state index contributed by atoms with van der Waals surface area (Å²) in [7, 11) is 1.96. The second kappa shape index (κ2) is 5.27. The Morgan fingerprint density at radius 2 is 2.00 bits per heavy atom. The minimum atomic E-state index is 0.818. The van der Waals surface area contributed by atoms with Crippen molar-refractivity contribution in [1.29, 1.82) is 0 Å². The van der Waals surface area contributed by atoms with E-state index in [-0.39, 0.29) is 0 Å². The van der Waals surface area contributed by atoms with Gasteiger partial charge in [0.1, 0.15) is 0 Å². The first-order valence-electron chi connectivity index (χ1n) is 5.56. The number of aromatic nitrogens is 2.